The second kappa shape index (κ2) is 6.83. The van der Waals surface area contributed by atoms with Gasteiger partial charge < -0.3 is 10.5 Å². The second-order valence-electron chi connectivity index (χ2n) is 4.94. The SMILES string of the molecule is CN(CCc1ccncc1)C(CN)C1CCCO1. The van der Waals surface area contributed by atoms with Crippen LogP contribution in [0.1, 0.15) is 18.4 Å². The molecule has 1 saturated heterocycles. The Hall–Kier alpha value is -0.970. The van der Waals surface area contributed by atoms with E-state index in [1.807, 2.05) is 12.4 Å². The summed E-state index contributed by atoms with van der Waals surface area (Å²) < 4.78 is 5.75. The Labute approximate surface area is 109 Å². The summed E-state index contributed by atoms with van der Waals surface area (Å²) in [5.74, 6) is 0. The summed E-state index contributed by atoms with van der Waals surface area (Å²) in [5, 5.41) is 0. The molecule has 2 N–H and O–H groups in total. The van der Waals surface area contributed by atoms with Crippen LogP contribution in [-0.2, 0) is 11.2 Å². The Morgan fingerprint density at radius 3 is 2.89 bits per heavy atom. The van der Waals surface area contributed by atoms with Gasteiger partial charge in [-0.15, -0.1) is 0 Å². The lowest BCUT2D eigenvalue weighted by atomic mass is 10.1. The maximum absolute atomic E-state index is 5.89. The Morgan fingerprint density at radius 2 is 2.28 bits per heavy atom. The number of nitrogens with zero attached hydrogens (tertiary/aromatic N) is 2. The fourth-order valence-electron chi connectivity index (χ4n) is 2.54. The highest BCUT2D eigenvalue weighted by atomic mass is 16.5. The quantitative estimate of drug-likeness (QED) is 0.819. The molecule has 0 saturated carbocycles. The first-order valence-electron chi connectivity index (χ1n) is 6.72. The predicted octanol–water partition coefficient (Wildman–Crippen LogP) is 1.06. The smallest absolute Gasteiger partial charge is 0.0743 e. The number of aromatic nitrogens is 1. The van der Waals surface area contributed by atoms with Crippen molar-refractivity contribution in [3.8, 4) is 0 Å². The molecular formula is C14H23N3O. The van der Waals surface area contributed by atoms with Crippen LogP contribution in [0.2, 0.25) is 0 Å². The standard InChI is InChI=1S/C14H23N3O/c1-17(9-6-12-4-7-16-8-5-12)13(11-15)14-3-2-10-18-14/h4-5,7-8,13-14H,2-3,6,9-11,15H2,1H3. The summed E-state index contributed by atoms with van der Waals surface area (Å²) in [6.45, 7) is 2.56. The highest BCUT2D eigenvalue weighted by Gasteiger charge is 2.27. The van der Waals surface area contributed by atoms with E-state index in [0.29, 0.717) is 18.7 Å². The summed E-state index contributed by atoms with van der Waals surface area (Å²) in [6, 6.07) is 4.48. The minimum Gasteiger partial charge on any atom is -0.377 e. The summed E-state index contributed by atoms with van der Waals surface area (Å²) in [4.78, 5) is 6.36. The normalized spacial score (nSPS) is 21.4. The topological polar surface area (TPSA) is 51.4 Å². The molecule has 18 heavy (non-hydrogen) atoms. The number of ether oxygens (including phenoxy) is 1. The summed E-state index contributed by atoms with van der Waals surface area (Å²) >= 11 is 0. The molecule has 4 heteroatoms. The molecule has 100 valence electrons. The van der Waals surface area contributed by atoms with Crippen LogP contribution in [0, 0.1) is 0 Å². The van der Waals surface area contributed by atoms with Crippen LogP contribution in [0.3, 0.4) is 0 Å². The van der Waals surface area contributed by atoms with Gasteiger partial charge in [-0.2, -0.15) is 0 Å². The molecule has 0 spiro atoms. The lowest BCUT2D eigenvalue weighted by molar-refractivity contribution is 0.0378. The molecule has 1 aromatic rings. The van der Waals surface area contributed by atoms with Crippen molar-refractivity contribution in [2.24, 2.45) is 5.73 Å². The lowest BCUT2D eigenvalue weighted by Crippen LogP contribution is -2.46. The summed E-state index contributed by atoms with van der Waals surface area (Å²) in [6.07, 6.45) is 7.34. The van der Waals surface area contributed by atoms with Crippen LogP contribution in [0.15, 0.2) is 24.5 Å². The van der Waals surface area contributed by atoms with Gasteiger partial charge in [0.1, 0.15) is 0 Å². The first-order valence-corrected chi connectivity index (χ1v) is 6.72. The first-order chi connectivity index (χ1) is 8.81. The van der Waals surface area contributed by atoms with Crippen LogP contribution >= 0.6 is 0 Å². The number of nitrogens with two attached hydrogens (primary N) is 1. The van der Waals surface area contributed by atoms with Gasteiger partial charge in [-0.1, -0.05) is 0 Å². The Kier molecular flexibility index (Phi) is 5.11. The third kappa shape index (κ3) is 3.51. The molecule has 2 rings (SSSR count). The van der Waals surface area contributed by atoms with Gasteiger partial charge in [-0.25, -0.2) is 0 Å². The van der Waals surface area contributed by atoms with Gasteiger partial charge in [0.2, 0.25) is 0 Å². The van der Waals surface area contributed by atoms with E-state index in [-0.39, 0.29) is 0 Å². The number of hydrogen-bond acceptors (Lipinski definition) is 4. The zero-order valence-corrected chi connectivity index (χ0v) is 11.1. The van der Waals surface area contributed by atoms with E-state index in [4.69, 9.17) is 10.5 Å². The molecule has 1 fully saturated rings. The molecule has 1 aliphatic heterocycles. The van der Waals surface area contributed by atoms with Crippen molar-refractivity contribution in [2.45, 2.75) is 31.4 Å². The van der Waals surface area contributed by atoms with Gasteiger partial charge in [0.25, 0.3) is 0 Å². The zero-order valence-electron chi connectivity index (χ0n) is 11.1. The van der Waals surface area contributed by atoms with Crippen LogP contribution in [-0.4, -0.2) is 48.8 Å². The van der Waals surface area contributed by atoms with Gasteiger partial charge in [-0.3, -0.25) is 9.88 Å². The maximum atomic E-state index is 5.89. The van der Waals surface area contributed by atoms with E-state index >= 15 is 0 Å². The molecule has 2 heterocycles. The van der Waals surface area contributed by atoms with E-state index in [1.54, 1.807) is 0 Å². The molecule has 0 aromatic carbocycles. The fourth-order valence-corrected chi connectivity index (χ4v) is 2.54. The molecule has 0 bridgehead atoms. The average Bonchev–Trinajstić information content (AvgIpc) is 2.92. The second-order valence-corrected chi connectivity index (χ2v) is 4.94. The van der Waals surface area contributed by atoms with Crippen LogP contribution in [0.5, 0.6) is 0 Å². The zero-order chi connectivity index (χ0) is 12.8. The van der Waals surface area contributed by atoms with Gasteiger partial charge in [-0.05, 0) is 44.0 Å². The van der Waals surface area contributed by atoms with E-state index in [2.05, 4.69) is 29.1 Å². The number of pyridine rings is 1. The molecule has 0 aliphatic carbocycles. The fraction of sp³-hybridized carbons (Fsp3) is 0.643. The maximum Gasteiger partial charge on any atom is 0.0743 e. The van der Waals surface area contributed by atoms with E-state index in [9.17, 15) is 0 Å². The van der Waals surface area contributed by atoms with Crippen molar-refractivity contribution in [1.82, 2.24) is 9.88 Å². The van der Waals surface area contributed by atoms with Crippen molar-refractivity contribution in [1.29, 1.82) is 0 Å². The molecule has 1 aromatic heterocycles. The van der Waals surface area contributed by atoms with Gasteiger partial charge in [0.15, 0.2) is 0 Å². The lowest BCUT2D eigenvalue weighted by Gasteiger charge is -2.31. The van der Waals surface area contributed by atoms with Gasteiger partial charge in [0.05, 0.1) is 6.10 Å². The highest BCUT2D eigenvalue weighted by molar-refractivity contribution is 5.10. The van der Waals surface area contributed by atoms with Crippen molar-refractivity contribution < 1.29 is 4.74 Å². The van der Waals surface area contributed by atoms with E-state index < -0.39 is 0 Å². The van der Waals surface area contributed by atoms with Crippen molar-refractivity contribution in [3.63, 3.8) is 0 Å². The Balaban J connectivity index is 1.83. The molecule has 2 atom stereocenters. The average molecular weight is 249 g/mol. The largest absolute Gasteiger partial charge is 0.377 e. The van der Waals surface area contributed by atoms with E-state index in [1.165, 1.54) is 12.0 Å². The molecule has 0 radical (unpaired) electrons. The number of likely N-dealkylation sites (N-methyl/N-ethyl adjacent to an activating group) is 1. The summed E-state index contributed by atoms with van der Waals surface area (Å²) in [7, 11) is 2.14. The minimum absolute atomic E-state index is 0.317. The molecule has 0 amide bonds. The van der Waals surface area contributed by atoms with Crippen molar-refractivity contribution in [2.75, 3.05) is 26.7 Å². The molecular weight excluding hydrogens is 226 g/mol. The number of rotatable bonds is 6. The van der Waals surface area contributed by atoms with E-state index in [0.717, 1.165) is 26.0 Å². The minimum atomic E-state index is 0.317. The van der Waals surface area contributed by atoms with Crippen molar-refractivity contribution in [3.05, 3.63) is 30.1 Å². The van der Waals surface area contributed by atoms with Crippen LogP contribution < -0.4 is 5.73 Å². The predicted molar refractivity (Wildman–Crippen MR) is 72.4 cm³/mol. The van der Waals surface area contributed by atoms with Crippen molar-refractivity contribution >= 4 is 0 Å². The molecule has 1 aliphatic rings. The molecule has 4 nitrogen and oxygen atoms in total. The Bertz CT molecular complexity index is 338. The van der Waals surface area contributed by atoms with Gasteiger partial charge >= 0.3 is 0 Å². The highest BCUT2D eigenvalue weighted by Crippen LogP contribution is 2.18. The third-order valence-electron chi connectivity index (χ3n) is 3.70. The Morgan fingerprint density at radius 1 is 1.50 bits per heavy atom. The monoisotopic (exact) mass is 249 g/mol. The van der Waals surface area contributed by atoms with Gasteiger partial charge in [0, 0.05) is 38.1 Å². The van der Waals surface area contributed by atoms with Crippen LogP contribution in [0.4, 0.5) is 0 Å². The summed E-state index contributed by atoms with van der Waals surface area (Å²) in [5.41, 5.74) is 7.21. The molecule has 2 unspecified atom stereocenters. The van der Waals surface area contributed by atoms with Crippen LogP contribution in [0.25, 0.3) is 0 Å². The third-order valence-corrected chi connectivity index (χ3v) is 3.70. The first kappa shape index (κ1) is 13.5. The number of hydrogen-bond donors (Lipinski definition) is 1.